The number of ether oxygens (including phenoxy) is 3. The number of hydrogen-bond donors (Lipinski definition) is 1. The van der Waals surface area contributed by atoms with E-state index in [2.05, 4.69) is 88.2 Å². The van der Waals surface area contributed by atoms with Gasteiger partial charge in [0.05, 0.1) is 42.1 Å². The lowest BCUT2D eigenvalue weighted by Gasteiger charge is -2.44. The van der Waals surface area contributed by atoms with Crippen LogP contribution >= 0.6 is 11.6 Å². The Morgan fingerprint density at radius 2 is 1.72 bits per heavy atom. The summed E-state index contributed by atoms with van der Waals surface area (Å²) in [5, 5.41) is 8.12. The zero-order valence-corrected chi connectivity index (χ0v) is 39.6. The van der Waals surface area contributed by atoms with Gasteiger partial charge in [-0.1, -0.05) is 78.7 Å². The Bertz CT molecular complexity index is 1940. The predicted octanol–water partition coefficient (Wildman–Crippen LogP) is 9.32. The van der Waals surface area contributed by atoms with Crippen molar-refractivity contribution in [2.75, 3.05) is 31.2 Å². The second kappa shape index (κ2) is 18.2. The van der Waals surface area contributed by atoms with E-state index in [1.807, 2.05) is 27.7 Å². The molecule has 16 heteroatoms. The molecule has 1 N–H and O–H groups in total. The topological polar surface area (TPSA) is 126 Å². The molecule has 0 radical (unpaired) electrons. The van der Waals surface area contributed by atoms with Gasteiger partial charge in [-0.2, -0.15) is 5.10 Å². The summed E-state index contributed by atoms with van der Waals surface area (Å²) in [5.74, 6) is 6.04. The number of anilines is 1. The maximum Gasteiger partial charge on any atom is 0.407 e. The molecule has 12 nitrogen and oxygen atoms in total. The van der Waals surface area contributed by atoms with Gasteiger partial charge >= 0.3 is 6.09 Å². The second-order valence-electron chi connectivity index (χ2n) is 19.2. The molecule has 2 aliphatic heterocycles. The number of aromatic nitrogens is 5. The van der Waals surface area contributed by atoms with E-state index >= 15 is 0 Å². The Hall–Kier alpha value is -3.14. The van der Waals surface area contributed by atoms with Crippen molar-refractivity contribution in [1.82, 2.24) is 30.0 Å². The lowest BCUT2D eigenvalue weighted by atomic mass is 9.73. The largest absolute Gasteiger partial charge is 0.444 e. The average molecular weight is 859 g/mol. The van der Waals surface area contributed by atoms with Crippen molar-refractivity contribution in [2.24, 2.45) is 5.41 Å². The molecule has 0 aromatic carbocycles. The number of pyridine rings is 1. The van der Waals surface area contributed by atoms with Crippen molar-refractivity contribution in [3.05, 3.63) is 40.2 Å². The van der Waals surface area contributed by atoms with Crippen LogP contribution in [0.25, 0.3) is 11.2 Å². The Kier molecular flexibility index (Phi) is 14.4. The minimum absolute atomic E-state index is 0.0346. The Morgan fingerprint density at radius 3 is 2.31 bits per heavy atom. The average Bonchev–Trinajstić information content (AvgIpc) is 3.60. The summed E-state index contributed by atoms with van der Waals surface area (Å²) in [7, 11) is -3.68. The first-order valence-electron chi connectivity index (χ1n) is 20.7. The third-order valence-electron chi connectivity index (χ3n) is 11.6. The van der Waals surface area contributed by atoms with E-state index in [1.54, 1.807) is 4.68 Å². The predicted molar refractivity (Wildman–Crippen MR) is 233 cm³/mol. The van der Waals surface area contributed by atoms with Crippen LogP contribution in [-0.4, -0.2) is 91.3 Å². The molecule has 3 aromatic rings. The van der Waals surface area contributed by atoms with E-state index in [0.717, 1.165) is 30.9 Å². The molecule has 2 fully saturated rings. The number of fused-ring (bicyclic) bond motifs is 1. The number of piperidine rings is 1. The molecule has 1 amide bonds. The minimum Gasteiger partial charge on any atom is -0.444 e. The zero-order chi connectivity index (χ0) is 42.8. The van der Waals surface area contributed by atoms with Gasteiger partial charge in [0.2, 0.25) is 8.32 Å². The maximum atomic E-state index is 14.8. The standard InChI is InChI=1S/C42H65ClFN7O5Si2/c1-27(2)58(28(3)4,29(5)6)55-24-35-38(50-18-16-42(17-19-50)25-54-30(7)37(42)47-40(52)56-41(8,9)10)48-39-36(46-35)34(15-14-31-32(43)22-45-23-33(31)44)49-51(39)26-53-20-21-57(11,12)13/h22-23,27-30,37H,16-21,24-26H2,1-13H3,(H,47,52)/t30-,37+/m0/s1. The van der Waals surface area contributed by atoms with Crippen molar-refractivity contribution < 1.29 is 27.8 Å². The Labute approximate surface area is 351 Å². The summed E-state index contributed by atoms with van der Waals surface area (Å²) >= 11 is 6.32. The number of carbonyl (C=O) groups is 1. The van der Waals surface area contributed by atoms with E-state index in [4.69, 9.17) is 45.3 Å². The molecule has 0 saturated carbocycles. The van der Waals surface area contributed by atoms with Gasteiger partial charge in [-0.25, -0.2) is 23.8 Å². The quantitative estimate of drug-likeness (QED) is 0.101. The third-order valence-corrected chi connectivity index (χ3v) is 19.7. The first kappa shape index (κ1) is 45.9. The number of rotatable bonds is 13. The summed E-state index contributed by atoms with van der Waals surface area (Å²) in [6.45, 7) is 31.0. The summed E-state index contributed by atoms with van der Waals surface area (Å²) < 4.78 is 41.7. The van der Waals surface area contributed by atoms with Crippen molar-refractivity contribution in [3.8, 4) is 11.8 Å². The highest BCUT2D eigenvalue weighted by Crippen LogP contribution is 2.45. The van der Waals surface area contributed by atoms with Gasteiger partial charge in [-0.15, -0.1) is 0 Å². The van der Waals surface area contributed by atoms with Gasteiger partial charge in [0.1, 0.15) is 23.5 Å². The maximum absolute atomic E-state index is 14.8. The fraction of sp³-hybridized carbons (Fsp3) is 0.690. The molecule has 320 valence electrons. The van der Waals surface area contributed by atoms with Gasteiger partial charge in [0.15, 0.2) is 23.0 Å². The Balaban J connectivity index is 1.58. The van der Waals surface area contributed by atoms with Crippen LogP contribution in [0, 0.1) is 23.1 Å². The lowest BCUT2D eigenvalue weighted by molar-refractivity contribution is 0.0434. The molecule has 2 atom stereocenters. The van der Waals surface area contributed by atoms with Gasteiger partial charge in [0.25, 0.3) is 0 Å². The normalized spacial score (nSPS) is 18.8. The first-order chi connectivity index (χ1) is 27.1. The number of nitrogens with one attached hydrogen (secondary N) is 1. The molecular weight excluding hydrogens is 793 g/mol. The van der Waals surface area contributed by atoms with E-state index in [-0.39, 0.29) is 41.5 Å². The van der Waals surface area contributed by atoms with Crippen LogP contribution in [0.4, 0.5) is 15.0 Å². The van der Waals surface area contributed by atoms with Gasteiger partial charge in [0, 0.05) is 39.4 Å². The highest BCUT2D eigenvalue weighted by Gasteiger charge is 2.51. The highest BCUT2D eigenvalue weighted by molar-refractivity contribution is 6.77. The van der Waals surface area contributed by atoms with Gasteiger partial charge < -0.3 is 28.9 Å². The number of halogens is 2. The van der Waals surface area contributed by atoms with Gasteiger partial charge in [-0.05, 0) is 69.1 Å². The van der Waals surface area contributed by atoms with Crippen LogP contribution in [0.2, 0.25) is 47.3 Å². The number of hydrogen-bond acceptors (Lipinski definition) is 10. The van der Waals surface area contributed by atoms with Gasteiger partial charge in [-0.3, -0.25) is 4.98 Å². The highest BCUT2D eigenvalue weighted by atomic mass is 35.5. The summed E-state index contributed by atoms with van der Waals surface area (Å²) in [6.07, 6.45) is 3.37. The van der Waals surface area contributed by atoms with Crippen molar-refractivity contribution >= 4 is 51.1 Å². The molecule has 0 aliphatic carbocycles. The van der Waals surface area contributed by atoms with Crippen molar-refractivity contribution in [3.63, 3.8) is 0 Å². The van der Waals surface area contributed by atoms with E-state index in [9.17, 15) is 9.18 Å². The fourth-order valence-electron chi connectivity index (χ4n) is 8.71. The molecule has 5 rings (SSSR count). The molecule has 1 spiro atoms. The molecule has 58 heavy (non-hydrogen) atoms. The number of carbonyl (C=O) groups excluding carboxylic acids is 1. The van der Waals surface area contributed by atoms with Crippen LogP contribution in [0.1, 0.15) is 99.0 Å². The summed E-state index contributed by atoms with van der Waals surface area (Å²) in [6, 6.07) is 0.788. The molecule has 0 bridgehead atoms. The zero-order valence-electron chi connectivity index (χ0n) is 36.9. The van der Waals surface area contributed by atoms with Crippen molar-refractivity contribution in [2.45, 2.75) is 155 Å². The smallest absolute Gasteiger partial charge is 0.407 e. The van der Waals surface area contributed by atoms with Crippen LogP contribution in [0.3, 0.4) is 0 Å². The first-order valence-corrected chi connectivity index (χ1v) is 27.0. The Morgan fingerprint density at radius 1 is 1.07 bits per heavy atom. The molecule has 2 saturated heterocycles. The third kappa shape index (κ3) is 10.4. The number of nitrogens with zero attached hydrogens (tertiary/aromatic N) is 6. The molecule has 5 heterocycles. The molecule has 2 aliphatic rings. The lowest BCUT2D eigenvalue weighted by Crippen LogP contribution is -2.55. The second-order valence-corrected chi connectivity index (χ2v) is 30.7. The van der Waals surface area contributed by atoms with Crippen LogP contribution in [-0.2, 0) is 32.0 Å². The fourth-order valence-corrected chi connectivity index (χ4v) is 15.0. The van der Waals surface area contributed by atoms with Crippen LogP contribution in [0.15, 0.2) is 12.4 Å². The molecular formula is C42H65ClFN7O5Si2. The SMILES string of the molecule is CC(C)[Si](OCc1nc2c(C#Cc3c(F)cncc3Cl)nn(COCC[Si](C)(C)C)c2nc1N1CCC2(CC1)CO[C@@H](C)[C@H]2NC(=O)OC(C)(C)C)(C(C)C)C(C)C. The monoisotopic (exact) mass is 857 g/mol. The van der Waals surface area contributed by atoms with Crippen LogP contribution < -0.4 is 10.2 Å². The van der Waals surface area contributed by atoms with E-state index in [0.29, 0.717) is 65.5 Å². The number of amides is 1. The summed E-state index contributed by atoms with van der Waals surface area (Å²) in [4.78, 5) is 29.7. The minimum atomic E-state index is -2.33. The number of alkyl carbamates (subject to hydrolysis) is 1. The summed E-state index contributed by atoms with van der Waals surface area (Å²) in [5.41, 5.74) is 2.25. The molecule has 0 unspecified atom stereocenters. The molecule has 3 aromatic heterocycles. The van der Waals surface area contributed by atoms with E-state index in [1.165, 1.54) is 6.20 Å². The van der Waals surface area contributed by atoms with E-state index < -0.39 is 33.9 Å². The van der Waals surface area contributed by atoms with Crippen molar-refractivity contribution in [1.29, 1.82) is 0 Å². The van der Waals surface area contributed by atoms with Crippen LogP contribution in [0.5, 0.6) is 0 Å².